The molecule has 0 fully saturated rings. The van der Waals surface area contributed by atoms with Gasteiger partial charge in [0.05, 0.1) is 12.1 Å². The summed E-state index contributed by atoms with van der Waals surface area (Å²) in [6, 6.07) is 6.35. The first-order valence-corrected chi connectivity index (χ1v) is 5.86. The second kappa shape index (κ2) is 4.83. The highest BCUT2D eigenvalue weighted by atomic mass is 32.2. The Morgan fingerprint density at radius 1 is 1.35 bits per heavy atom. The number of alkyl halides is 2. The van der Waals surface area contributed by atoms with E-state index in [1.54, 1.807) is 31.2 Å². The van der Waals surface area contributed by atoms with Crippen LogP contribution in [-0.2, 0) is 4.79 Å². The van der Waals surface area contributed by atoms with Crippen LogP contribution in [0.25, 0.3) is 0 Å². The number of hydrogen-bond acceptors (Lipinski definition) is 3. The van der Waals surface area contributed by atoms with E-state index in [9.17, 15) is 13.6 Å². The lowest BCUT2D eigenvalue weighted by atomic mass is 10.3. The zero-order valence-corrected chi connectivity index (χ0v) is 9.88. The highest BCUT2D eigenvalue weighted by Crippen LogP contribution is 2.28. The summed E-state index contributed by atoms with van der Waals surface area (Å²) in [7, 11) is 0. The molecule has 0 saturated heterocycles. The van der Waals surface area contributed by atoms with Gasteiger partial charge in [0.1, 0.15) is 0 Å². The zero-order valence-electron chi connectivity index (χ0n) is 9.06. The predicted octanol–water partition coefficient (Wildman–Crippen LogP) is 3.11. The molecule has 90 valence electrons. The van der Waals surface area contributed by atoms with Gasteiger partial charge in [-0.3, -0.25) is 4.79 Å². The molecule has 1 aliphatic heterocycles. The number of hydrazone groups is 1. The van der Waals surface area contributed by atoms with E-state index in [4.69, 9.17) is 0 Å². The Hall–Kier alpha value is -1.43. The van der Waals surface area contributed by atoms with Crippen LogP contribution >= 0.6 is 11.8 Å². The Bertz CT molecular complexity index is 459. The highest BCUT2D eigenvalue weighted by Gasteiger charge is 2.22. The molecule has 1 aromatic carbocycles. The number of carbonyl (C=O) groups excluding carboxylic acids is 1. The molecule has 0 atom stereocenters. The summed E-state index contributed by atoms with van der Waals surface area (Å²) < 4.78 is 24.2. The standard InChI is InChI=1S/C11H10F2N2OS/c1-7-6-10(16)15(14-7)8-2-4-9(5-3-8)17-11(12)13/h2-5,11H,6H2,1H3. The quantitative estimate of drug-likeness (QED) is 0.778. The van der Waals surface area contributed by atoms with Gasteiger partial charge in [0.15, 0.2) is 0 Å². The molecule has 0 saturated carbocycles. The van der Waals surface area contributed by atoms with Crippen LogP contribution in [0.1, 0.15) is 13.3 Å². The maximum Gasteiger partial charge on any atom is 0.288 e. The molecule has 0 aromatic heterocycles. The van der Waals surface area contributed by atoms with Crippen molar-refractivity contribution in [2.45, 2.75) is 24.0 Å². The molecule has 1 amide bonds. The number of rotatable bonds is 3. The first kappa shape index (κ1) is 12.0. The van der Waals surface area contributed by atoms with E-state index in [2.05, 4.69) is 5.10 Å². The van der Waals surface area contributed by atoms with Gasteiger partial charge in [-0.1, -0.05) is 11.8 Å². The van der Waals surface area contributed by atoms with Crippen molar-refractivity contribution in [2.75, 3.05) is 5.01 Å². The molecule has 0 bridgehead atoms. The molecule has 0 N–H and O–H groups in total. The Labute approximate surface area is 101 Å². The van der Waals surface area contributed by atoms with Crippen LogP contribution < -0.4 is 5.01 Å². The summed E-state index contributed by atoms with van der Waals surface area (Å²) in [5, 5.41) is 5.37. The maximum atomic E-state index is 12.1. The number of amides is 1. The van der Waals surface area contributed by atoms with Crippen molar-refractivity contribution in [1.82, 2.24) is 0 Å². The monoisotopic (exact) mass is 256 g/mol. The summed E-state index contributed by atoms with van der Waals surface area (Å²) in [5.74, 6) is -2.54. The Balaban J connectivity index is 2.15. The largest absolute Gasteiger partial charge is 0.288 e. The molecular weight excluding hydrogens is 246 g/mol. The van der Waals surface area contributed by atoms with Crippen molar-refractivity contribution in [1.29, 1.82) is 0 Å². The fourth-order valence-electron chi connectivity index (χ4n) is 1.53. The van der Waals surface area contributed by atoms with Gasteiger partial charge < -0.3 is 0 Å². The van der Waals surface area contributed by atoms with Crippen molar-refractivity contribution in [3.05, 3.63) is 24.3 Å². The Morgan fingerprint density at radius 3 is 2.47 bits per heavy atom. The third kappa shape index (κ3) is 2.82. The number of anilines is 1. The van der Waals surface area contributed by atoms with E-state index in [0.717, 1.165) is 5.71 Å². The van der Waals surface area contributed by atoms with E-state index >= 15 is 0 Å². The lowest BCUT2D eigenvalue weighted by molar-refractivity contribution is -0.116. The van der Waals surface area contributed by atoms with E-state index in [1.165, 1.54) is 5.01 Å². The zero-order chi connectivity index (χ0) is 12.4. The van der Waals surface area contributed by atoms with Gasteiger partial charge in [0.2, 0.25) is 0 Å². The molecule has 1 aliphatic rings. The van der Waals surface area contributed by atoms with Gasteiger partial charge in [-0.25, -0.2) is 5.01 Å². The summed E-state index contributed by atoms with van der Waals surface area (Å²) in [4.78, 5) is 12.0. The Morgan fingerprint density at radius 2 is 2.00 bits per heavy atom. The van der Waals surface area contributed by atoms with Gasteiger partial charge in [-0.05, 0) is 31.2 Å². The smallest absolute Gasteiger partial charge is 0.272 e. The number of benzene rings is 1. The van der Waals surface area contributed by atoms with Gasteiger partial charge in [0.25, 0.3) is 11.7 Å². The van der Waals surface area contributed by atoms with Crippen LogP contribution in [0.2, 0.25) is 0 Å². The molecule has 17 heavy (non-hydrogen) atoms. The van der Waals surface area contributed by atoms with E-state index in [0.29, 0.717) is 28.8 Å². The van der Waals surface area contributed by atoms with Crippen molar-refractivity contribution < 1.29 is 13.6 Å². The maximum absolute atomic E-state index is 12.1. The van der Waals surface area contributed by atoms with Crippen LogP contribution in [-0.4, -0.2) is 17.4 Å². The summed E-state index contributed by atoms with van der Waals surface area (Å²) in [6.07, 6.45) is 0.313. The molecule has 3 nitrogen and oxygen atoms in total. The van der Waals surface area contributed by atoms with Gasteiger partial charge in [-0.15, -0.1) is 0 Å². The normalized spacial score (nSPS) is 15.6. The van der Waals surface area contributed by atoms with Crippen LogP contribution in [0.3, 0.4) is 0 Å². The average molecular weight is 256 g/mol. The van der Waals surface area contributed by atoms with Gasteiger partial charge in [0, 0.05) is 10.6 Å². The van der Waals surface area contributed by atoms with Crippen LogP contribution in [0, 0.1) is 0 Å². The molecule has 0 spiro atoms. The fourth-order valence-corrected chi connectivity index (χ4v) is 2.03. The molecule has 0 aliphatic carbocycles. The first-order valence-electron chi connectivity index (χ1n) is 4.98. The van der Waals surface area contributed by atoms with Crippen molar-refractivity contribution >= 4 is 29.1 Å². The third-order valence-electron chi connectivity index (χ3n) is 2.22. The molecule has 0 radical (unpaired) electrons. The van der Waals surface area contributed by atoms with Crippen LogP contribution in [0.4, 0.5) is 14.5 Å². The predicted molar refractivity (Wildman–Crippen MR) is 63.5 cm³/mol. The fraction of sp³-hybridized carbons (Fsp3) is 0.273. The molecule has 6 heteroatoms. The minimum absolute atomic E-state index is 0.100. The minimum Gasteiger partial charge on any atom is -0.272 e. The van der Waals surface area contributed by atoms with E-state index in [1.807, 2.05) is 0 Å². The van der Waals surface area contributed by atoms with Gasteiger partial charge in [-0.2, -0.15) is 13.9 Å². The van der Waals surface area contributed by atoms with E-state index < -0.39 is 5.76 Å². The summed E-state index contributed by atoms with van der Waals surface area (Å²) >= 11 is 0.478. The molecule has 1 heterocycles. The second-order valence-corrected chi connectivity index (χ2v) is 4.65. The minimum atomic E-state index is -2.44. The summed E-state index contributed by atoms with van der Waals surface area (Å²) in [5.41, 5.74) is 1.35. The van der Waals surface area contributed by atoms with E-state index in [-0.39, 0.29) is 5.91 Å². The number of thioether (sulfide) groups is 1. The average Bonchev–Trinajstić information content (AvgIpc) is 2.58. The molecule has 0 unspecified atom stereocenters. The third-order valence-corrected chi connectivity index (χ3v) is 2.94. The molecule has 1 aromatic rings. The molecule has 2 rings (SSSR count). The topological polar surface area (TPSA) is 32.7 Å². The van der Waals surface area contributed by atoms with Crippen molar-refractivity contribution in [3.63, 3.8) is 0 Å². The summed E-state index contributed by atoms with van der Waals surface area (Å²) in [6.45, 7) is 1.78. The SMILES string of the molecule is CC1=NN(c2ccc(SC(F)F)cc2)C(=O)C1. The number of carbonyl (C=O) groups is 1. The number of nitrogens with zero attached hydrogens (tertiary/aromatic N) is 2. The molecular formula is C11H10F2N2OS. The van der Waals surface area contributed by atoms with Gasteiger partial charge >= 0.3 is 0 Å². The lowest BCUT2D eigenvalue weighted by Gasteiger charge is -2.11. The van der Waals surface area contributed by atoms with Crippen LogP contribution in [0.5, 0.6) is 0 Å². The second-order valence-electron chi connectivity index (χ2n) is 3.59. The first-order chi connectivity index (χ1) is 8.06. The highest BCUT2D eigenvalue weighted by molar-refractivity contribution is 7.99. The van der Waals surface area contributed by atoms with Crippen molar-refractivity contribution in [3.8, 4) is 0 Å². The number of hydrogen-bond donors (Lipinski definition) is 0. The number of halogens is 2. The van der Waals surface area contributed by atoms with Crippen LogP contribution in [0.15, 0.2) is 34.3 Å². The lowest BCUT2D eigenvalue weighted by Crippen LogP contribution is -2.19. The van der Waals surface area contributed by atoms with Crippen molar-refractivity contribution in [2.24, 2.45) is 5.10 Å². The Kier molecular flexibility index (Phi) is 3.42.